The minimum Gasteiger partial charge on any atom is -0.459 e. The number of para-hydroxylation sites is 1. The molecule has 3 amide bonds. The number of carbonyl (C=O) groups is 3. The van der Waals surface area contributed by atoms with Crippen LogP contribution in [0.15, 0.2) is 59.2 Å². The van der Waals surface area contributed by atoms with E-state index in [4.69, 9.17) is 4.42 Å². The zero-order valence-electron chi connectivity index (χ0n) is 15.2. The van der Waals surface area contributed by atoms with Gasteiger partial charge in [0.1, 0.15) is 5.00 Å². The molecule has 6 nitrogen and oxygen atoms in total. The number of imide groups is 1. The SMILES string of the molecule is Cc1sc(NC(=O)c2ccco2)c(C2=CC(=O)N(c3ccccc3)C2=O)c1C. The lowest BCUT2D eigenvalue weighted by Crippen LogP contribution is -2.30. The topological polar surface area (TPSA) is 79.6 Å². The minimum absolute atomic E-state index is 0.170. The summed E-state index contributed by atoms with van der Waals surface area (Å²) in [6.07, 6.45) is 2.74. The molecule has 0 unspecified atom stereocenters. The number of amides is 3. The molecule has 140 valence electrons. The van der Waals surface area contributed by atoms with Gasteiger partial charge in [0.05, 0.1) is 17.5 Å². The van der Waals surface area contributed by atoms with Gasteiger partial charge >= 0.3 is 0 Å². The minimum atomic E-state index is -0.412. The highest BCUT2D eigenvalue weighted by atomic mass is 32.1. The highest BCUT2D eigenvalue weighted by molar-refractivity contribution is 7.16. The van der Waals surface area contributed by atoms with Crippen molar-refractivity contribution >= 4 is 45.3 Å². The Morgan fingerprint density at radius 2 is 1.82 bits per heavy atom. The van der Waals surface area contributed by atoms with Gasteiger partial charge in [-0.3, -0.25) is 14.4 Å². The standard InChI is InChI=1S/C21H16N2O4S/c1-12-13(2)28-20(22-19(25)16-9-6-10-27-16)18(12)15-11-17(24)23(21(15)26)14-7-4-3-5-8-14/h3-11H,1-2H3,(H,22,25). The molecule has 4 rings (SSSR count). The third kappa shape index (κ3) is 2.95. The van der Waals surface area contributed by atoms with Crippen LogP contribution in [0.2, 0.25) is 0 Å². The van der Waals surface area contributed by atoms with Gasteiger partial charge in [0.15, 0.2) is 5.76 Å². The Labute approximate surface area is 165 Å². The van der Waals surface area contributed by atoms with Crippen LogP contribution in [0.3, 0.4) is 0 Å². The first-order valence-electron chi connectivity index (χ1n) is 8.57. The number of furan rings is 1. The van der Waals surface area contributed by atoms with Crippen molar-refractivity contribution in [2.75, 3.05) is 10.2 Å². The number of hydrogen-bond donors (Lipinski definition) is 1. The molecule has 0 spiro atoms. The van der Waals surface area contributed by atoms with Gasteiger partial charge in [0.2, 0.25) is 0 Å². The van der Waals surface area contributed by atoms with Gasteiger partial charge in [-0.15, -0.1) is 11.3 Å². The molecule has 7 heteroatoms. The van der Waals surface area contributed by atoms with Crippen molar-refractivity contribution in [1.29, 1.82) is 0 Å². The Morgan fingerprint density at radius 3 is 2.50 bits per heavy atom. The highest BCUT2D eigenvalue weighted by Gasteiger charge is 2.36. The average Bonchev–Trinajstić information content (AvgIpc) is 3.37. The van der Waals surface area contributed by atoms with E-state index in [-0.39, 0.29) is 11.3 Å². The Balaban J connectivity index is 1.71. The van der Waals surface area contributed by atoms with Crippen molar-refractivity contribution in [3.05, 3.63) is 76.6 Å². The van der Waals surface area contributed by atoms with Crippen LogP contribution >= 0.6 is 11.3 Å². The predicted octanol–water partition coefficient (Wildman–Crippen LogP) is 4.17. The number of thiophene rings is 1. The fraction of sp³-hybridized carbons (Fsp3) is 0.0952. The summed E-state index contributed by atoms with van der Waals surface area (Å²) in [6.45, 7) is 3.77. The molecule has 0 fully saturated rings. The second-order valence-corrected chi connectivity index (χ2v) is 7.52. The van der Waals surface area contributed by atoms with Gasteiger partial charge in [0.25, 0.3) is 17.7 Å². The number of nitrogens with zero attached hydrogens (tertiary/aromatic N) is 1. The van der Waals surface area contributed by atoms with E-state index in [0.29, 0.717) is 16.3 Å². The maximum Gasteiger partial charge on any atom is 0.291 e. The summed E-state index contributed by atoms with van der Waals surface area (Å²) in [6, 6.07) is 11.9. The summed E-state index contributed by atoms with van der Waals surface area (Å²) in [4.78, 5) is 40.1. The van der Waals surface area contributed by atoms with Gasteiger partial charge in [-0.25, -0.2) is 4.90 Å². The molecule has 1 aliphatic rings. The van der Waals surface area contributed by atoms with Crippen LogP contribution in [-0.4, -0.2) is 17.7 Å². The van der Waals surface area contributed by atoms with Crippen LogP contribution in [0.5, 0.6) is 0 Å². The number of hydrogen-bond acceptors (Lipinski definition) is 5. The molecule has 2 aromatic heterocycles. The molecule has 0 radical (unpaired) electrons. The molecule has 0 atom stereocenters. The number of nitrogens with one attached hydrogen (secondary N) is 1. The Bertz CT molecular complexity index is 1110. The number of aryl methyl sites for hydroxylation is 1. The quantitative estimate of drug-likeness (QED) is 0.676. The lowest BCUT2D eigenvalue weighted by Gasteiger charge is -2.15. The second-order valence-electron chi connectivity index (χ2n) is 6.29. The average molecular weight is 392 g/mol. The Hall–Kier alpha value is -3.45. The molecule has 3 aromatic rings. The van der Waals surface area contributed by atoms with Gasteiger partial charge in [-0.05, 0) is 43.7 Å². The summed E-state index contributed by atoms with van der Waals surface area (Å²) in [5.41, 5.74) is 2.20. The maximum atomic E-state index is 13.1. The van der Waals surface area contributed by atoms with Crippen molar-refractivity contribution in [3.63, 3.8) is 0 Å². The highest BCUT2D eigenvalue weighted by Crippen LogP contribution is 2.40. The summed E-state index contributed by atoms with van der Waals surface area (Å²) < 4.78 is 5.13. The molecule has 1 aliphatic heterocycles. The van der Waals surface area contributed by atoms with Gasteiger partial charge < -0.3 is 9.73 Å². The summed E-state index contributed by atoms with van der Waals surface area (Å²) in [7, 11) is 0. The smallest absolute Gasteiger partial charge is 0.291 e. The molecular weight excluding hydrogens is 376 g/mol. The maximum absolute atomic E-state index is 13.1. The van der Waals surface area contributed by atoms with E-state index >= 15 is 0 Å². The molecule has 0 bridgehead atoms. The number of anilines is 2. The van der Waals surface area contributed by atoms with E-state index in [1.807, 2.05) is 19.9 Å². The molecular formula is C21H16N2O4S. The largest absolute Gasteiger partial charge is 0.459 e. The fourth-order valence-electron chi connectivity index (χ4n) is 3.08. The van der Waals surface area contributed by atoms with Gasteiger partial charge in [0, 0.05) is 16.5 Å². The second kappa shape index (κ2) is 6.94. The predicted molar refractivity (Wildman–Crippen MR) is 107 cm³/mol. The number of rotatable bonds is 4. The summed E-state index contributed by atoms with van der Waals surface area (Å²) in [5, 5.41) is 3.32. The van der Waals surface area contributed by atoms with Crippen molar-refractivity contribution < 1.29 is 18.8 Å². The molecule has 1 N–H and O–H groups in total. The van der Waals surface area contributed by atoms with Crippen LogP contribution in [0, 0.1) is 13.8 Å². The van der Waals surface area contributed by atoms with Crippen LogP contribution in [-0.2, 0) is 9.59 Å². The van der Waals surface area contributed by atoms with Crippen molar-refractivity contribution in [3.8, 4) is 0 Å². The molecule has 3 heterocycles. The van der Waals surface area contributed by atoms with Crippen LogP contribution in [0.4, 0.5) is 10.7 Å². The normalized spacial score (nSPS) is 13.8. The van der Waals surface area contributed by atoms with Crippen LogP contribution in [0.25, 0.3) is 5.57 Å². The lowest BCUT2D eigenvalue weighted by atomic mass is 10.0. The van der Waals surface area contributed by atoms with Gasteiger partial charge in [-0.2, -0.15) is 0 Å². The number of benzene rings is 1. The lowest BCUT2D eigenvalue weighted by molar-refractivity contribution is -0.119. The summed E-state index contributed by atoms with van der Waals surface area (Å²) in [5.74, 6) is -1.06. The van der Waals surface area contributed by atoms with E-state index in [1.165, 1.54) is 23.7 Å². The Morgan fingerprint density at radius 1 is 1.07 bits per heavy atom. The van der Waals surface area contributed by atoms with Crippen LogP contribution in [0.1, 0.15) is 26.6 Å². The van der Waals surface area contributed by atoms with Crippen molar-refractivity contribution in [2.45, 2.75) is 13.8 Å². The molecule has 0 aliphatic carbocycles. The van der Waals surface area contributed by atoms with Crippen molar-refractivity contribution in [2.24, 2.45) is 0 Å². The van der Waals surface area contributed by atoms with E-state index in [1.54, 1.807) is 36.4 Å². The first-order valence-corrected chi connectivity index (χ1v) is 9.39. The van der Waals surface area contributed by atoms with E-state index in [2.05, 4.69) is 5.32 Å². The van der Waals surface area contributed by atoms with Gasteiger partial charge in [-0.1, -0.05) is 18.2 Å². The zero-order chi connectivity index (χ0) is 19.8. The van der Waals surface area contributed by atoms with Crippen LogP contribution < -0.4 is 10.2 Å². The van der Waals surface area contributed by atoms with E-state index in [0.717, 1.165) is 15.3 Å². The third-order valence-corrected chi connectivity index (χ3v) is 5.69. The zero-order valence-corrected chi connectivity index (χ0v) is 16.0. The third-order valence-electron chi connectivity index (χ3n) is 4.56. The molecule has 0 saturated heterocycles. The Kier molecular flexibility index (Phi) is 4.44. The summed E-state index contributed by atoms with van der Waals surface area (Å²) >= 11 is 1.36. The first-order chi connectivity index (χ1) is 13.5. The fourth-order valence-corrected chi connectivity index (χ4v) is 4.15. The van der Waals surface area contributed by atoms with E-state index < -0.39 is 17.7 Å². The van der Waals surface area contributed by atoms with E-state index in [9.17, 15) is 14.4 Å². The van der Waals surface area contributed by atoms with Crippen molar-refractivity contribution in [1.82, 2.24) is 0 Å². The molecule has 0 saturated carbocycles. The molecule has 1 aromatic carbocycles. The monoisotopic (exact) mass is 392 g/mol. The number of carbonyl (C=O) groups excluding carboxylic acids is 3. The first kappa shape index (κ1) is 17.9. The molecule has 28 heavy (non-hydrogen) atoms.